The Bertz CT molecular complexity index is 494. The normalized spacial score (nSPS) is 10.1. The summed E-state index contributed by atoms with van der Waals surface area (Å²) in [5.74, 6) is -0.134. The third kappa shape index (κ3) is 4.13. The van der Waals surface area contributed by atoms with Crippen LogP contribution in [-0.2, 0) is 9.53 Å². The summed E-state index contributed by atoms with van der Waals surface area (Å²) in [5.41, 5.74) is 2.63. The van der Waals surface area contributed by atoms with Gasteiger partial charge in [0.2, 0.25) is 5.91 Å². The number of nitrogens with zero attached hydrogens (tertiary/aromatic N) is 1. The Labute approximate surface area is 123 Å². The van der Waals surface area contributed by atoms with Gasteiger partial charge in [-0.2, -0.15) is 0 Å². The lowest BCUT2D eigenvalue weighted by Gasteiger charge is -2.24. The van der Waals surface area contributed by atoms with E-state index in [4.69, 9.17) is 11.6 Å². The molecule has 110 valence electrons. The predicted molar refractivity (Wildman–Crippen MR) is 79.4 cm³/mol. The Hall–Kier alpha value is -1.75. The largest absolute Gasteiger partial charge is 0.453 e. The summed E-state index contributed by atoms with van der Waals surface area (Å²) >= 11 is 6.24. The van der Waals surface area contributed by atoms with Gasteiger partial charge >= 0.3 is 6.09 Å². The molecule has 1 aromatic carbocycles. The fourth-order valence-electron chi connectivity index (χ4n) is 2.02. The fourth-order valence-corrected chi connectivity index (χ4v) is 2.44. The number of halogens is 1. The van der Waals surface area contributed by atoms with Crippen LogP contribution in [0.1, 0.15) is 18.1 Å². The van der Waals surface area contributed by atoms with Crippen molar-refractivity contribution in [3.8, 4) is 0 Å². The van der Waals surface area contributed by atoms with E-state index < -0.39 is 6.09 Å². The average Bonchev–Trinajstić information content (AvgIpc) is 2.35. The summed E-state index contributed by atoms with van der Waals surface area (Å²) in [6, 6.07) is 3.78. The zero-order valence-electron chi connectivity index (χ0n) is 12.1. The Morgan fingerprint density at radius 3 is 2.50 bits per heavy atom. The molecule has 0 aromatic heterocycles. The van der Waals surface area contributed by atoms with Crippen LogP contribution in [0.3, 0.4) is 0 Å². The monoisotopic (exact) mass is 298 g/mol. The molecule has 0 spiro atoms. The molecule has 0 aliphatic rings. The maximum absolute atomic E-state index is 11.8. The molecule has 0 bridgehead atoms. The van der Waals surface area contributed by atoms with E-state index in [1.807, 2.05) is 26.0 Å². The summed E-state index contributed by atoms with van der Waals surface area (Å²) in [4.78, 5) is 24.4. The maximum Gasteiger partial charge on any atom is 0.406 e. The van der Waals surface area contributed by atoms with E-state index in [9.17, 15) is 9.59 Å². The van der Waals surface area contributed by atoms with E-state index in [1.54, 1.807) is 4.90 Å². The lowest BCUT2D eigenvalue weighted by molar-refractivity contribution is -0.116. The third-order valence-electron chi connectivity index (χ3n) is 2.84. The van der Waals surface area contributed by atoms with Crippen LogP contribution >= 0.6 is 11.6 Å². The summed E-state index contributed by atoms with van der Waals surface area (Å²) in [5, 5.41) is 3.06. The van der Waals surface area contributed by atoms with Gasteiger partial charge in [0, 0.05) is 20.0 Å². The molecule has 1 aromatic rings. The molecule has 6 heteroatoms. The number of methoxy groups -OCH3 is 1. The second-order valence-corrected chi connectivity index (χ2v) is 4.91. The minimum atomic E-state index is -0.528. The van der Waals surface area contributed by atoms with Gasteiger partial charge in [0.05, 0.1) is 17.8 Å². The molecule has 0 unspecified atom stereocenters. The first-order valence-corrected chi connectivity index (χ1v) is 6.61. The van der Waals surface area contributed by atoms with Crippen molar-refractivity contribution < 1.29 is 14.3 Å². The SMILES string of the molecule is COC(=O)NCCN(C(C)=O)c1c(C)cc(C)cc1Cl. The summed E-state index contributed by atoms with van der Waals surface area (Å²) in [6.07, 6.45) is -0.528. The molecular weight excluding hydrogens is 280 g/mol. The molecule has 1 rings (SSSR count). The van der Waals surface area contributed by atoms with Gasteiger partial charge in [-0.05, 0) is 31.0 Å². The van der Waals surface area contributed by atoms with Crippen molar-refractivity contribution in [2.24, 2.45) is 0 Å². The Morgan fingerprint density at radius 2 is 2.00 bits per heavy atom. The van der Waals surface area contributed by atoms with E-state index in [-0.39, 0.29) is 12.5 Å². The first kappa shape index (κ1) is 16.3. The lowest BCUT2D eigenvalue weighted by Crippen LogP contribution is -2.38. The number of carbonyl (C=O) groups is 2. The number of hydrogen-bond acceptors (Lipinski definition) is 3. The molecule has 0 heterocycles. The van der Waals surface area contributed by atoms with Crippen molar-refractivity contribution in [2.75, 3.05) is 25.1 Å². The van der Waals surface area contributed by atoms with Crippen LogP contribution in [-0.4, -0.2) is 32.2 Å². The molecule has 20 heavy (non-hydrogen) atoms. The van der Waals surface area contributed by atoms with E-state index in [0.29, 0.717) is 17.3 Å². The first-order valence-electron chi connectivity index (χ1n) is 6.23. The highest BCUT2D eigenvalue weighted by molar-refractivity contribution is 6.34. The van der Waals surface area contributed by atoms with Crippen molar-refractivity contribution in [3.05, 3.63) is 28.3 Å². The first-order chi connectivity index (χ1) is 9.36. The van der Waals surface area contributed by atoms with Gasteiger partial charge < -0.3 is 15.0 Å². The number of carbonyl (C=O) groups excluding carboxylic acids is 2. The van der Waals surface area contributed by atoms with E-state index in [2.05, 4.69) is 10.1 Å². The zero-order chi connectivity index (χ0) is 15.3. The van der Waals surface area contributed by atoms with Gasteiger partial charge in [0.15, 0.2) is 0 Å². The van der Waals surface area contributed by atoms with Crippen LogP contribution in [0.4, 0.5) is 10.5 Å². The minimum absolute atomic E-state index is 0.134. The Balaban J connectivity index is 2.92. The van der Waals surface area contributed by atoms with E-state index >= 15 is 0 Å². The molecule has 0 aliphatic heterocycles. The number of ether oxygens (including phenoxy) is 1. The topological polar surface area (TPSA) is 58.6 Å². The van der Waals surface area contributed by atoms with Gasteiger partial charge in [-0.25, -0.2) is 4.79 Å². The van der Waals surface area contributed by atoms with Crippen molar-refractivity contribution in [2.45, 2.75) is 20.8 Å². The van der Waals surface area contributed by atoms with Gasteiger partial charge in [0.25, 0.3) is 0 Å². The number of rotatable bonds is 4. The molecule has 5 nitrogen and oxygen atoms in total. The molecule has 1 N–H and O–H groups in total. The van der Waals surface area contributed by atoms with Crippen LogP contribution in [0.15, 0.2) is 12.1 Å². The number of benzene rings is 1. The lowest BCUT2D eigenvalue weighted by atomic mass is 10.1. The summed E-state index contributed by atoms with van der Waals surface area (Å²) in [7, 11) is 1.29. The van der Waals surface area contributed by atoms with Crippen molar-refractivity contribution in [1.29, 1.82) is 0 Å². The van der Waals surface area contributed by atoms with Crippen LogP contribution in [0.25, 0.3) is 0 Å². The maximum atomic E-state index is 11.8. The van der Waals surface area contributed by atoms with Crippen LogP contribution in [0.2, 0.25) is 5.02 Å². The zero-order valence-corrected chi connectivity index (χ0v) is 12.9. The van der Waals surface area contributed by atoms with Crippen molar-refractivity contribution in [1.82, 2.24) is 5.32 Å². The molecule has 2 amide bonds. The average molecular weight is 299 g/mol. The third-order valence-corrected chi connectivity index (χ3v) is 3.13. The molecule has 0 saturated carbocycles. The molecular formula is C14H19ClN2O3. The van der Waals surface area contributed by atoms with E-state index in [1.165, 1.54) is 14.0 Å². The molecule has 0 aliphatic carbocycles. The minimum Gasteiger partial charge on any atom is -0.453 e. The highest BCUT2D eigenvalue weighted by Gasteiger charge is 2.17. The van der Waals surface area contributed by atoms with Gasteiger partial charge in [-0.3, -0.25) is 4.79 Å². The van der Waals surface area contributed by atoms with E-state index in [0.717, 1.165) is 11.1 Å². The second-order valence-electron chi connectivity index (χ2n) is 4.50. The number of hydrogen-bond donors (Lipinski definition) is 1. The molecule has 0 saturated heterocycles. The molecule has 0 fully saturated rings. The number of anilines is 1. The number of alkyl carbamates (subject to hydrolysis) is 1. The second kappa shape index (κ2) is 7.14. The predicted octanol–water partition coefficient (Wildman–Crippen LogP) is 2.67. The highest BCUT2D eigenvalue weighted by atomic mass is 35.5. The van der Waals surface area contributed by atoms with Gasteiger partial charge in [-0.1, -0.05) is 17.7 Å². The summed E-state index contributed by atoms with van der Waals surface area (Å²) < 4.78 is 4.48. The molecule has 0 radical (unpaired) electrons. The number of amides is 2. The quantitative estimate of drug-likeness (QED) is 0.929. The Morgan fingerprint density at radius 1 is 1.35 bits per heavy atom. The van der Waals surface area contributed by atoms with Gasteiger partial charge in [-0.15, -0.1) is 0 Å². The van der Waals surface area contributed by atoms with Crippen LogP contribution in [0, 0.1) is 13.8 Å². The van der Waals surface area contributed by atoms with Crippen LogP contribution < -0.4 is 10.2 Å². The summed E-state index contributed by atoms with van der Waals surface area (Å²) in [6.45, 7) is 5.93. The molecule has 0 atom stereocenters. The van der Waals surface area contributed by atoms with Gasteiger partial charge in [0.1, 0.15) is 0 Å². The van der Waals surface area contributed by atoms with Crippen molar-refractivity contribution >= 4 is 29.3 Å². The van der Waals surface area contributed by atoms with Crippen molar-refractivity contribution in [3.63, 3.8) is 0 Å². The standard InChI is InChI=1S/C14H19ClN2O3/c1-9-7-10(2)13(12(15)8-9)17(11(3)18)6-5-16-14(19)20-4/h7-8H,5-6H2,1-4H3,(H,16,19). The highest BCUT2D eigenvalue weighted by Crippen LogP contribution is 2.30. The Kier molecular flexibility index (Phi) is 5.82. The van der Waals surface area contributed by atoms with Crippen LogP contribution in [0.5, 0.6) is 0 Å². The number of nitrogens with one attached hydrogen (secondary N) is 1. The number of aryl methyl sites for hydroxylation is 2. The fraction of sp³-hybridized carbons (Fsp3) is 0.429. The smallest absolute Gasteiger partial charge is 0.406 e.